The Labute approximate surface area is 139 Å². The van der Waals surface area contributed by atoms with Gasteiger partial charge in [-0.25, -0.2) is 4.68 Å². The maximum absolute atomic E-state index is 12.3. The summed E-state index contributed by atoms with van der Waals surface area (Å²) in [5, 5.41) is 11.1. The first kappa shape index (κ1) is 15.1. The molecule has 3 heterocycles. The highest BCUT2D eigenvalue weighted by molar-refractivity contribution is 5.92. The summed E-state index contributed by atoms with van der Waals surface area (Å²) in [6.07, 6.45) is 5.73. The molecule has 2 aliphatic rings. The molecule has 1 saturated heterocycles. The molecular weight excluding hydrogens is 306 g/mol. The maximum Gasteiger partial charge on any atom is 0.271 e. The third-order valence-corrected chi connectivity index (χ3v) is 4.95. The fourth-order valence-corrected chi connectivity index (χ4v) is 3.30. The van der Waals surface area contributed by atoms with E-state index in [0.29, 0.717) is 37.2 Å². The van der Waals surface area contributed by atoms with Gasteiger partial charge in [-0.15, -0.1) is 0 Å². The van der Waals surface area contributed by atoms with Crippen LogP contribution in [0.2, 0.25) is 0 Å². The fraction of sp³-hybridized carbons (Fsp3) is 0.529. The number of carbonyl (C=O) groups is 1. The van der Waals surface area contributed by atoms with Crippen LogP contribution in [0.4, 0.5) is 0 Å². The van der Waals surface area contributed by atoms with E-state index in [1.165, 1.54) is 12.8 Å². The Hall–Kier alpha value is -2.44. The Balaban J connectivity index is 1.37. The van der Waals surface area contributed by atoms with Gasteiger partial charge in [0.05, 0.1) is 5.69 Å². The second kappa shape index (κ2) is 6.22. The first-order chi connectivity index (χ1) is 11.7. The summed E-state index contributed by atoms with van der Waals surface area (Å²) in [5.74, 6) is 0.929. The second-order valence-electron chi connectivity index (χ2n) is 6.76. The van der Waals surface area contributed by atoms with Crippen LogP contribution in [-0.4, -0.2) is 43.9 Å². The van der Waals surface area contributed by atoms with Crippen molar-refractivity contribution in [3.63, 3.8) is 0 Å². The molecule has 7 nitrogen and oxygen atoms in total. The van der Waals surface area contributed by atoms with Gasteiger partial charge in [-0.3, -0.25) is 14.7 Å². The van der Waals surface area contributed by atoms with Crippen molar-refractivity contribution in [3.05, 3.63) is 46.1 Å². The van der Waals surface area contributed by atoms with Crippen molar-refractivity contribution in [1.82, 2.24) is 24.9 Å². The van der Waals surface area contributed by atoms with Crippen LogP contribution < -0.4 is 5.56 Å². The minimum atomic E-state index is -0.0321. The van der Waals surface area contributed by atoms with Crippen LogP contribution in [0.15, 0.2) is 29.2 Å². The molecule has 0 atom stereocenters. The smallest absolute Gasteiger partial charge is 0.271 e. The van der Waals surface area contributed by atoms with Crippen LogP contribution in [0, 0.1) is 5.92 Å². The van der Waals surface area contributed by atoms with E-state index in [1.54, 1.807) is 23.0 Å². The Kier molecular flexibility index (Phi) is 3.92. The molecule has 0 spiro atoms. The van der Waals surface area contributed by atoms with Gasteiger partial charge in [-0.2, -0.15) is 10.2 Å². The number of aromatic nitrogens is 4. The highest BCUT2D eigenvalue weighted by Crippen LogP contribution is 2.38. The van der Waals surface area contributed by atoms with Crippen molar-refractivity contribution >= 4 is 5.91 Å². The van der Waals surface area contributed by atoms with Gasteiger partial charge >= 0.3 is 0 Å². The first-order valence-electron chi connectivity index (χ1n) is 8.57. The number of amides is 1. The van der Waals surface area contributed by atoms with Crippen molar-refractivity contribution in [2.45, 2.75) is 38.1 Å². The van der Waals surface area contributed by atoms with Gasteiger partial charge in [-0.05, 0) is 43.7 Å². The topological polar surface area (TPSA) is 83.9 Å². The number of H-pyrrole nitrogens is 1. The van der Waals surface area contributed by atoms with Gasteiger partial charge < -0.3 is 4.90 Å². The number of rotatable bonds is 4. The number of likely N-dealkylation sites (tertiary alicyclic amines) is 1. The van der Waals surface area contributed by atoms with E-state index in [0.717, 1.165) is 18.5 Å². The summed E-state index contributed by atoms with van der Waals surface area (Å²) >= 11 is 0. The van der Waals surface area contributed by atoms with E-state index in [4.69, 9.17) is 0 Å². The number of hydrogen-bond acceptors (Lipinski definition) is 4. The fourth-order valence-electron chi connectivity index (χ4n) is 3.30. The molecule has 1 N–H and O–H groups in total. The number of nitrogens with one attached hydrogen (secondary N) is 1. The minimum Gasteiger partial charge on any atom is -0.337 e. The van der Waals surface area contributed by atoms with Crippen LogP contribution >= 0.6 is 0 Å². The van der Waals surface area contributed by atoms with Gasteiger partial charge in [0.15, 0.2) is 0 Å². The van der Waals surface area contributed by atoms with Crippen LogP contribution in [-0.2, 0) is 6.54 Å². The highest BCUT2D eigenvalue weighted by Gasteiger charge is 2.27. The molecular formula is C17H21N5O2. The molecule has 1 aliphatic heterocycles. The third-order valence-electron chi connectivity index (χ3n) is 4.95. The van der Waals surface area contributed by atoms with Crippen LogP contribution in [0.3, 0.4) is 0 Å². The summed E-state index contributed by atoms with van der Waals surface area (Å²) in [5.41, 5.74) is 1.54. The monoisotopic (exact) mass is 327 g/mol. The lowest BCUT2D eigenvalue weighted by Crippen LogP contribution is -2.40. The third kappa shape index (κ3) is 3.11. The SMILES string of the molecule is O=C(c1ccn[nH]1)N1CCC(Cn2nc(C3CC3)ccc2=O)CC1. The lowest BCUT2D eigenvalue weighted by Gasteiger charge is -2.31. The number of carbonyl (C=O) groups excluding carboxylic acids is 1. The van der Waals surface area contributed by atoms with E-state index >= 15 is 0 Å². The number of piperidine rings is 1. The van der Waals surface area contributed by atoms with E-state index in [9.17, 15) is 9.59 Å². The molecule has 0 bridgehead atoms. The molecule has 1 aliphatic carbocycles. The van der Waals surface area contributed by atoms with E-state index in [2.05, 4.69) is 15.3 Å². The molecule has 2 fully saturated rings. The van der Waals surface area contributed by atoms with E-state index in [-0.39, 0.29) is 11.5 Å². The summed E-state index contributed by atoms with van der Waals surface area (Å²) in [4.78, 5) is 26.2. The van der Waals surface area contributed by atoms with Gasteiger partial charge in [0.2, 0.25) is 0 Å². The largest absolute Gasteiger partial charge is 0.337 e. The summed E-state index contributed by atoms with van der Waals surface area (Å²) < 4.78 is 1.62. The average molecular weight is 327 g/mol. The molecule has 0 aromatic carbocycles. The Morgan fingerprint density at radius 3 is 2.62 bits per heavy atom. The number of hydrogen-bond donors (Lipinski definition) is 1. The standard InChI is InChI=1S/C17H21N5O2/c23-16-4-3-14(13-1-2-13)20-22(16)11-12-6-9-21(10-7-12)17(24)15-5-8-18-19-15/h3-5,8,12-13H,1-2,6-7,9-11H2,(H,18,19). The molecule has 1 saturated carbocycles. The zero-order valence-electron chi connectivity index (χ0n) is 13.5. The van der Waals surface area contributed by atoms with Gasteiger partial charge in [0.25, 0.3) is 11.5 Å². The second-order valence-corrected chi connectivity index (χ2v) is 6.76. The number of nitrogens with zero attached hydrogens (tertiary/aromatic N) is 4. The van der Waals surface area contributed by atoms with Crippen LogP contribution in [0.5, 0.6) is 0 Å². The molecule has 2 aromatic heterocycles. The molecule has 4 rings (SSSR count). The van der Waals surface area contributed by atoms with Crippen molar-refractivity contribution in [1.29, 1.82) is 0 Å². The molecule has 2 aromatic rings. The van der Waals surface area contributed by atoms with Crippen molar-refractivity contribution in [3.8, 4) is 0 Å². The lowest BCUT2D eigenvalue weighted by atomic mass is 9.96. The molecule has 1 amide bonds. The quantitative estimate of drug-likeness (QED) is 0.920. The number of aromatic amines is 1. The van der Waals surface area contributed by atoms with E-state index in [1.807, 2.05) is 11.0 Å². The molecule has 0 unspecified atom stereocenters. The summed E-state index contributed by atoms with van der Waals surface area (Å²) in [6, 6.07) is 5.20. The molecule has 24 heavy (non-hydrogen) atoms. The van der Waals surface area contributed by atoms with Gasteiger partial charge in [0, 0.05) is 37.8 Å². The highest BCUT2D eigenvalue weighted by atomic mass is 16.2. The minimum absolute atomic E-state index is 0.00280. The maximum atomic E-state index is 12.3. The first-order valence-corrected chi connectivity index (χ1v) is 8.57. The Bertz CT molecular complexity index is 771. The van der Waals surface area contributed by atoms with Gasteiger partial charge in [0.1, 0.15) is 5.69 Å². The lowest BCUT2D eigenvalue weighted by molar-refractivity contribution is 0.0674. The van der Waals surface area contributed by atoms with Crippen LogP contribution in [0.1, 0.15) is 47.8 Å². The zero-order chi connectivity index (χ0) is 16.5. The Morgan fingerprint density at radius 2 is 1.96 bits per heavy atom. The summed E-state index contributed by atoms with van der Waals surface area (Å²) in [6.45, 7) is 2.06. The summed E-state index contributed by atoms with van der Waals surface area (Å²) in [7, 11) is 0. The molecule has 0 radical (unpaired) electrons. The Morgan fingerprint density at radius 1 is 1.17 bits per heavy atom. The normalized spacial score (nSPS) is 18.8. The van der Waals surface area contributed by atoms with Crippen molar-refractivity contribution in [2.75, 3.05) is 13.1 Å². The molecule has 126 valence electrons. The predicted molar refractivity (Wildman–Crippen MR) is 87.7 cm³/mol. The average Bonchev–Trinajstić information content (AvgIpc) is 3.31. The van der Waals surface area contributed by atoms with E-state index < -0.39 is 0 Å². The van der Waals surface area contributed by atoms with Gasteiger partial charge in [-0.1, -0.05) is 0 Å². The van der Waals surface area contributed by atoms with Crippen LogP contribution in [0.25, 0.3) is 0 Å². The van der Waals surface area contributed by atoms with Crippen molar-refractivity contribution in [2.24, 2.45) is 5.92 Å². The zero-order valence-corrected chi connectivity index (χ0v) is 13.5. The molecule has 7 heteroatoms. The predicted octanol–water partition coefficient (Wildman–Crippen LogP) is 1.40. The van der Waals surface area contributed by atoms with Crippen molar-refractivity contribution < 1.29 is 4.79 Å².